The summed E-state index contributed by atoms with van der Waals surface area (Å²) in [5.41, 5.74) is 6.78. The minimum absolute atomic E-state index is 0.0211. The maximum atomic E-state index is 9.07. The normalized spacial score (nSPS) is 27.2. The minimum Gasteiger partial charge on any atom is -0.394 e. The summed E-state index contributed by atoms with van der Waals surface area (Å²) in [6, 6.07) is -0.304. The highest BCUT2D eigenvalue weighted by atomic mass is 16.3. The van der Waals surface area contributed by atoms with Crippen molar-refractivity contribution in [3.05, 3.63) is 18.2 Å². The molecule has 4 heteroatoms. The molecular formula is C12H21N3O. The molecule has 0 saturated heterocycles. The number of aliphatic hydroxyl groups is 1. The lowest BCUT2D eigenvalue weighted by Gasteiger charge is -2.16. The lowest BCUT2D eigenvalue weighted by molar-refractivity contribution is 0.261. The largest absolute Gasteiger partial charge is 0.394 e. The zero-order valence-electron chi connectivity index (χ0n) is 9.84. The predicted octanol–water partition coefficient (Wildman–Crippen LogP) is 1.31. The zero-order valence-corrected chi connectivity index (χ0v) is 9.84. The summed E-state index contributed by atoms with van der Waals surface area (Å²) in [4.78, 5) is 4.12. The Morgan fingerprint density at radius 2 is 2.44 bits per heavy atom. The Morgan fingerprint density at radius 3 is 3.06 bits per heavy atom. The molecule has 1 saturated carbocycles. The first-order valence-electron chi connectivity index (χ1n) is 6.07. The second-order valence-corrected chi connectivity index (χ2v) is 5.04. The highest BCUT2D eigenvalue weighted by molar-refractivity contribution is 5.04. The highest BCUT2D eigenvalue weighted by Gasteiger charge is 2.22. The van der Waals surface area contributed by atoms with Crippen molar-refractivity contribution in [1.29, 1.82) is 0 Å². The van der Waals surface area contributed by atoms with E-state index in [0.29, 0.717) is 0 Å². The van der Waals surface area contributed by atoms with Gasteiger partial charge in [-0.2, -0.15) is 0 Å². The Kier molecular flexibility index (Phi) is 3.61. The molecule has 3 atom stereocenters. The van der Waals surface area contributed by atoms with Crippen molar-refractivity contribution in [1.82, 2.24) is 9.55 Å². The van der Waals surface area contributed by atoms with Crippen molar-refractivity contribution in [2.75, 3.05) is 6.61 Å². The Balaban J connectivity index is 2.01. The molecule has 0 spiro atoms. The van der Waals surface area contributed by atoms with Crippen molar-refractivity contribution in [2.45, 2.75) is 38.8 Å². The minimum atomic E-state index is -0.304. The van der Waals surface area contributed by atoms with Crippen LogP contribution in [0.25, 0.3) is 0 Å². The third-order valence-corrected chi connectivity index (χ3v) is 3.58. The summed E-state index contributed by atoms with van der Waals surface area (Å²) < 4.78 is 2.10. The Labute approximate surface area is 96.5 Å². The average Bonchev–Trinajstić information content (AvgIpc) is 2.87. The van der Waals surface area contributed by atoms with E-state index in [4.69, 9.17) is 10.8 Å². The maximum Gasteiger partial charge on any atom is 0.0948 e. The number of nitrogens with two attached hydrogens (primary N) is 1. The average molecular weight is 223 g/mol. The fourth-order valence-electron chi connectivity index (χ4n) is 2.65. The maximum absolute atomic E-state index is 9.07. The van der Waals surface area contributed by atoms with E-state index in [1.54, 1.807) is 6.20 Å². The first-order valence-corrected chi connectivity index (χ1v) is 6.07. The molecule has 1 aromatic heterocycles. The second kappa shape index (κ2) is 4.97. The summed E-state index contributed by atoms with van der Waals surface area (Å²) in [6.07, 6.45) is 7.52. The van der Waals surface area contributed by atoms with Crippen LogP contribution in [0.4, 0.5) is 0 Å². The number of imidazole rings is 1. The molecule has 1 heterocycles. The van der Waals surface area contributed by atoms with Gasteiger partial charge in [0.05, 0.1) is 24.7 Å². The third-order valence-electron chi connectivity index (χ3n) is 3.58. The molecule has 3 N–H and O–H groups in total. The molecule has 0 aliphatic heterocycles. The monoisotopic (exact) mass is 223 g/mol. The van der Waals surface area contributed by atoms with Gasteiger partial charge < -0.3 is 15.4 Å². The van der Waals surface area contributed by atoms with Crippen LogP contribution in [0.2, 0.25) is 0 Å². The van der Waals surface area contributed by atoms with Gasteiger partial charge in [-0.05, 0) is 24.7 Å². The van der Waals surface area contributed by atoms with Gasteiger partial charge in [0.1, 0.15) is 0 Å². The van der Waals surface area contributed by atoms with E-state index < -0.39 is 0 Å². The van der Waals surface area contributed by atoms with Crippen LogP contribution in [0.1, 0.15) is 37.9 Å². The van der Waals surface area contributed by atoms with Crippen LogP contribution in [0.5, 0.6) is 0 Å². The van der Waals surface area contributed by atoms with E-state index >= 15 is 0 Å². The van der Waals surface area contributed by atoms with Crippen molar-refractivity contribution in [3.8, 4) is 0 Å². The van der Waals surface area contributed by atoms with Gasteiger partial charge in [0, 0.05) is 12.7 Å². The first kappa shape index (κ1) is 11.6. The molecule has 0 bridgehead atoms. The standard InChI is InChI=1S/C12H21N3O/c1-9-2-3-10(4-9)6-15-8-14-5-12(15)11(13)7-16/h5,8-11,16H,2-4,6-7,13H2,1H3. The number of aromatic nitrogens is 2. The SMILES string of the molecule is CC1CCC(Cn2cncc2C(N)CO)C1. The third kappa shape index (κ3) is 2.44. The lowest BCUT2D eigenvalue weighted by Crippen LogP contribution is -2.20. The predicted molar refractivity (Wildman–Crippen MR) is 62.7 cm³/mol. The summed E-state index contributed by atoms with van der Waals surface area (Å²) in [7, 11) is 0. The Bertz CT molecular complexity index is 337. The Morgan fingerprint density at radius 1 is 1.62 bits per heavy atom. The molecule has 3 unspecified atom stereocenters. The molecule has 1 aromatic rings. The van der Waals surface area contributed by atoms with Crippen LogP contribution >= 0.6 is 0 Å². The molecule has 1 fully saturated rings. The quantitative estimate of drug-likeness (QED) is 0.809. The fourth-order valence-corrected chi connectivity index (χ4v) is 2.65. The molecule has 4 nitrogen and oxygen atoms in total. The number of aliphatic hydroxyl groups excluding tert-OH is 1. The van der Waals surface area contributed by atoms with Crippen LogP contribution < -0.4 is 5.73 Å². The smallest absolute Gasteiger partial charge is 0.0948 e. The van der Waals surface area contributed by atoms with Crippen molar-refractivity contribution < 1.29 is 5.11 Å². The van der Waals surface area contributed by atoms with Crippen LogP contribution in [0.3, 0.4) is 0 Å². The van der Waals surface area contributed by atoms with E-state index in [0.717, 1.165) is 24.1 Å². The van der Waals surface area contributed by atoms with Gasteiger partial charge in [-0.1, -0.05) is 13.3 Å². The van der Waals surface area contributed by atoms with Crippen LogP contribution in [-0.4, -0.2) is 21.3 Å². The number of rotatable bonds is 4. The van der Waals surface area contributed by atoms with E-state index in [1.807, 2.05) is 6.33 Å². The van der Waals surface area contributed by atoms with Crippen LogP contribution in [0.15, 0.2) is 12.5 Å². The fraction of sp³-hybridized carbons (Fsp3) is 0.750. The molecule has 1 aliphatic rings. The summed E-state index contributed by atoms with van der Waals surface area (Å²) >= 11 is 0. The number of nitrogens with zero attached hydrogens (tertiary/aromatic N) is 2. The molecular weight excluding hydrogens is 202 g/mol. The van der Waals surface area contributed by atoms with Crippen LogP contribution in [0, 0.1) is 11.8 Å². The molecule has 0 aromatic carbocycles. The molecule has 16 heavy (non-hydrogen) atoms. The Hall–Kier alpha value is -0.870. The van der Waals surface area contributed by atoms with Gasteiger partial charge in [0.15, 0.2) is 0 Å². The molecule has 0 radical (unpaired) electrons. The van der Waals surface area contributed by atoms with Gasteiger partial charge in [0.2, 0.25) is 0 Å². The second-order valence-electron chi connectivity index (χ2n) is 5.04. The van der Waals surface area contributed by atoms with E-state index in [-0.39, 0.29) is 12.6 Å². The van der Waals surface area contributed by atoms with Crippen LogP contribution in [-0.2, 0) is 6.54 Å². The van der Waals surface area contributed by atoms with Gasteiger partial charge in [-0.15, -0.1) is 0 Å². The van der Waals surface area contributed by atoms with Crippen molar-refractivity contribution in [3.63, 3.8) is 0 Å². The van der Waals surface area contributed by atoms with Gasteiger partial charge in [-0.25, -0.2) is 4.98 Å². The van der Waals surface area contributed by atoms with E-state index in [9.17, 15) is 0 Å². The van der Waals surface area contributed by atoms with Gasteiger partial charge in [0.25, 0.3) is 0 Å². The summed E-state index contributed by atoms with van der Waals surface area (Å²) in [6.45, 7) is 3.29. The van der Waals surface area contributed by atoms with Gasteiger partial charge >= 0.3 is 0 Å². The highest BCUT2D eigenvalue weighted by Crippen LogP contribution is 2.31. The molecule has 1 aliphatic carbocycles. The van der Waals surface area contributed by atoms with E-state index in [2.05, 4.69) is 16.5 Å². The summed E-state index contributed by atoms with van der Waals surface area (Å²) in [5, 5.41) is 9.07. The number of hydrogen-bond donors (Lipinski definition) is 2. The number of hydrogen-bond acceptors (Lipinski definition) is 3. The molecule has 0 amide bonds. The van der Waals surface area contributed by atoms with Crippen molar-refractivity contribution >= 4 is 0 Å². The van der Waals surface area contributed by atoms with Gasteiger partial charge in [-0.3, -0.25) is 0 Å². The zero-order chi connectivity index (χ0) is 11.5. The molecule has 90 valence electrons. The van der Waals surface area contributed by atoms with E-state index in [1.165, 1.54) is 19.3 Å². The first-order chi connectivity index (χ1) is 7.70. The molecule has 2 rings (SSSR count). The topological polar surface area (TPSA) is 64.1 Å². The lowest BCUT2D eigenvalue weighted by atomic mass is 10.1. The van der Waals surface area contributed by atoms with Crippen molar-refractivity contribution in [2.24, 2.45) is 17.6 Å². The summed E-state index contributed by atoms with van der Waals surface area (Å²) in [5.74, 6) is 1.59.